The molecule has 0 bridgehead atoms. The average Bonchev–Trinajstić information content (AvgIpc) is 2.48. The first-order chi connectivity index (χ1) is 9.81. The zero-order chi connectivity index (χ0) is 14.2. The van der Waals surface area contributed by atoms with Crippen LogP contribution >= 0.6 is 0 Å². The average molecular weight is 284 g/mol. The van der Waals surface area contributed by atoms with Gasteiger partial charge in [-0.05, 0) is 44.7 Å². The van der Waals surface area contributed by atoms with Crippen molar-refractivity contribution in [3.8, 4) is 0 Å². The van der Waals surface area contributed by atoms with Gasteiger partial charge in [-0.25, -0.2) is 0 Å². The van der Waals surface area contributed by atoms with Crippen LogP contribution in [0.3, 0.4) is 0 Å². The van der Waals surface area contributed by atoms with Crippen molar-refractivity contribution in [2.24, 2.45) is 5.92 Å². The molecule has 0 spiro atoms. The van der Waals surface area contributed by atoms with Crippen LogP contribution in [0.15, 0.2) is 0 Å². The Morgan fingerprint density at radius 1 is 1.10 bits per heavy atom. The van der Waals surface area contributed by atoms with Gasteiger partial charge < -0.3 is 20.1 Å². The zero-order valence-electron chi connectivity index (χ0n) is 13.0. The van der Waals surface area contributed by atoms with E-state index in [1.807, 2.05) is 0 Å². The molecule has 2 fully saturated rings. The van der Waals surface area contributed by atoms with Crippen LogP contribution in [0.4, 0.5) is 0 Å². The first-order valence-electron chi connectivity index (χ1n) is 8.47. The molecule has 4 heteroatoms. The number of aliphatic hydroxyl groups excluding tert-OH is 1. The molecule has 0 amide bonds. The van der Waals surface area contributed by atoms with E-state index in [-0.39, 0.29) is 6.61 Å². The van der Waals surface area contributed by atoms with Crippen molar-refractivity contribution >= 4 is 0 Å². The fourth-order valence-corrected chi connectivity index (χ4v) is 3.78. The summed E-state index contributed by atoms with van der Waals surface area (Å²) in [7, 11) is 0. The predicted molar refractivity (Wildman–Crippen MR) is 81.9 cm³/mol. The summed E-state index contributed by atoms with van der Waals surface area (Å²) < 4.78 is 5.28. The van der Waals surface area contributed by atoms with Crippen LogP contribution in [-0.2, 0) is 4.74 Å². The van der Waals surface area contributed by atoms with Gasteiger partial charge in [0.15, 0.2) is 0 Å². The quantitative estimate of drug-likeness (QED) is 0.698. The number of hydrogen-bond donors (Lipinski definition) is 2. The second kappa shape index (κ2) is 8.98. The molecule has 2 rings (SSSR count). The predicted octanol–water partition coefficient (Wildman–Crippen LogP) is 1.63. The number of aliphatic hydroxyl groups is 1. The van der Waals surface area contributed by atoms with E-state index in [0.29, 0.717) is 19.3 Å². The number of hydrogen-bond acceptors (Lipinski definition) is 4. The highest BCUT2D eigenvalue weighted by Gasteiger charge is 2.29. The smallest absolute Gasteiger partial charge is 0.0698 e. The SMILES string of the molecule is CC1CCCCC1N1CCC(NCCOCCO)CC1. The normalized spacial score (nSPS) is 29.7. The van der Waals surface area contributed by atoms with Crippen molar-refractivity contribution in [2.75, 3.05) is 39.5 Å². The summed E-state index contributed by atoms with van der Waals surface area (Å²) in [5.41, 5.74) is 0. The molecule has 1 aliphatic heterocycles. The van der Waals surface area contributed by atoms with Gasteiger partial charge in [-0.1, -0.05) is 19.8 Å². The van der Waals surface area contributed by atoms with Crippen LogP contribution in [0.5, 0.6) is 0 Å². The minimum atomic E-state index is 0.123. The van der Waals surface area contributed by atoms with Crippen molar-refractivity contribution in [1.29, 1.82) is 0 Å². The molecule has 1 aliphatic carbocycles. The molecule has 2 atom stereocenters. The molecule has 2 N–H and O–H groups in total. The fraction of sp³-hybridized carbons (Fsp3) is 1.00. The van der Waals surface area contributed by atoms with Crippen LogP contribution in [0.2, 0.25) is 0 Å². The minimum absolute atomic E-state index is 0.123. The molecule has 1 saturated heterocycles. The molecular formula is C16H32N2O2. The molecule has 4 nitrogen and oxygen atoms in total. The van der Waals surface area contributed by atoms with Gasteiger partial charge in [0.25, 0.3) is 0 Å². The standard InChI is InChI=1S/C16H32N2O2/c1-14-4-2-3-5-16(14)18-9-6-15(7-10-18)17-8-12-20-13-11-19/h14-17,19H,2-13H2,1H3. The van der Waals surface area contributed by atoms with Crippen molar-refractivity contribution in [3.63, 3.8) is 0 Å². The Labute approximate surface area is 123 Å². The van der Waals surface area contributed by atoms with Crippen LogP contribution in [0, 0.1) is 5.92 Å². The summed E-state index contributed by atoms with van der Waals surface area (Å²) in [6, 6.07) is 1.50. The Hall–Kier alpha value is -0.160. The third-order valence-electron chi connectivity index (χ3n) is 4.98. The Morgan fingerprint density at radius 3 is 2.55 bits per heavy atom. The van der Waals surface area contributed by atoms with Gasteiger partial charge in [-0.3, -0.25) is 0 Å². The van der Waals surface area contributed by atoms with E-state index in [4.69, 9.17) is 9.84 Å². The van der Waals surface area contributed by atoms with E-state index in [1.54, 1.807) is 0 Å². The van der Waals surface area contributed by atoms with E-state index >= 15 is 0 Å². The number of nitrogens with one attached hydrogen (secondary N) is 1. The Kier molecular flexibility index (Phi) is 7.28. The van der Waals surface area contributed by atoms with Crippen LogP contribution in [-0.4, -0.2) is 61.5 Å². The van der Waals surface area contributed by atoms with Gasteiger partial charge >= 0.3 is 0 Å². The minimum Gasteiger partial charge on any atom is -0.394 e. The number of nitrogens with zero attached hydrogens (tertiary/aromatic N) is 1. The van der Waals surface area contributed by atoms with Crippen LogP contribution in [0.1, 0.15) is 45.4 Å². The summed E-state index contributed by atoms with van der Waals surface area (Å²) >= 11 is 0. The molecule has 2 aliphatic rings. The highest BCUT2D eigenvalue weighted by molar-refractivity contribution is 4.86. The lowest BCUT2D eigenvalue weighted by Crippen LogP contribution is -2.49. The number of piperidine rings is 1. The largest absolute Gasteiger partial charge is 0.394 e. The van der Waals surface area contributed by atoms with Crippen molar-refractivity contribution in [3.05, 3.63) is 0 Å². The summed E-state index contributed by atoms with van der Waals surface area (Å²) in [6.07, 6.45) is 8.23. The lowest BCUT2D eigenvalue weighted by atomic mass is 9.84. The van der Waals surface area contributed by atoms with E-state index in [1.165, 1.54) is 51.6 Å². The van der Waals surface area contributed by atoms with Crippen molar-refractivity contribution in [1.82, 2.24) is 10.2 Å². The Balaban J connectivity index is 1.59. The highest BCUT2D eigenvalue weighted by atomic mass is 16.5. The third kappa shape index (κ3) is 4.99. The number of likely N-dealkylation sites (tertiary alicyclic amines) is 1. The fourth-order valence-electron chi connectivity index (χ4n) is 3.78. The Bertz CT molecular complexity index is 255. The van der Waals surface area contributed by atoms with Crippen LogP contribution in [0.25, 0.3) is 0 Å². The summed E-state index contributed by atoms with van der Waals surface area (Å²) in [5, 5.41) is 12.2. The van der Waals surface area contributed by atoms with E-state index in [2.05, 4.69) is 17.1 Å². The number of rotatable bonds is 7. The molecule has 118 valence electrons. The molecule has 0 aromatic rings. The maximum absolute atomic E-state index is 8.64. The van der Waals surface area contributed by atoms with Gasteiger partial charge in [-0.15, -0.1) is 0 Å². The first kappa shape index (κ1) is 16.2. The lowest BCUT2D eigenvalue weighted by Gasteiger charge is -2.42. The molecular weight excluding hydrogens is 252 g/mol. The first-order valence-corrected chi connectivity index (χ1v) is 8.47. The molecule has 2 unspecified atom stereocenters. The van der Waals surface area contributed by atoms with Gasteiger partial charge in [0.05, 0.1) is 19.8 Å². The summed E-state index contributed by atoms with van der Waals surface area (Å²) in [4.78, 5) is 2.74. The zero-order valence-corrected chi connectivity index (χ0v) is 13.0. The molecule has 1 saturated carbocycles. The second-order valence-corrected chi connectivity index (χ2v) is 6.43. The molecule has 20 heavy (non-hydrogen) atoms. The molecule has 0 radical (unpaired) electrons. The van der Waals surface area contributed by atoms with E-state index in [9.17, 15) is 0 Å². The van der Waals surface area contributed by atoms with Gasteiger partial charge in [0.2, 0.25) is 0 Å². The lowest BCUT2D eigenvalue weighted by molar-refractivity contribution is 0.0735. The van der Waals surface area contributed by atoms with Gasteiger partial charge in [0.1, 0.15) is 0 Å². The summed E-state index contributed by atoms with van der Waals surface area (Å²) in [6.45, 7) is 7.14. The second-order valence-electron chi connectivity index (χ2n) is 6.43. The van der Waals surface area contributed by atoms with Gasteiger partial charge in [0, 0.05) is 18.6 Å². The topological polar surface area (TPSA) is 44.7 Å². The third-order valence-corrected chi connectivity index (χ3v) is 4.98. The maximum atomic E-state index is 8.64. The highest BCUT2D eigenvalue weighted by Crippen LogP contribution is 2.29. The van der Waals surface area contributed by atoms with Crippen LogP contribution < -0.4 is 5.32 Å². The van der Waals surface area contributed by atoms with Crippen molar-refractivity contribution in [2.45, 2.75) is 57.5 Å². The van der Waals surface area contributed by atoms with Gasteiger partial charge in [-0.2, -0.15) is 0 Å². The maximum Gasteiger partial charge on any atom is 0.0698 e. The van der Waals surface area contributed by atoms with E-state index < -0.39 is 0 Å². The summed E-state index contributed by atoms with van der Waals surface area (Å²) in [5.74, 6) is 0.889. The van der Waals surface area contributed by atoms with Crippen molar-refractivity contribution < 1.29 is 9.84 Å². The monoisotopic (exact) mass is 284 g/mol. The molecule has 1 heterocycles. The van der Waals surface area contributed by atoms with E-state index in [0.717, 1.165) is 18.5 Å². The number of ether oxygens (including phenoxy) is 1. The molecule has 0 aromatic heterocycles. The molecule has 0 aromatic carbocycles. The Morgan fingerprint density at radius 2 is 1.85 bits per heavy atom.